The van der Waals surface area contributed by atoms with E-state index in [1.807, 2.05) is 6.92 Å². The second-order valence-corrected chi connectivity index (χ2v) is 7.58. The number of rotatable bonds is 2. The molecule has 2 heterocycles. The molecule has 3 rings (SSSR count). The maximum absolute atomic E-state index is 12.6. The Bertz CT molecular complexity index is 613. The topological polar surface area (TPSA) is 72.6 Å². The average molecular weight is 333 g/mol. The minimum atomic E-state index is -3.40. The van der Waals surface area contributed by atoms with Crippen molar-refractivity contribution < 1.29 is 13.2 Å². The van der Waals surface area contributed by atoms with Crippen molar-refractivity contribution >= 4 is 22.4 Å². The predicted octanol–water partition coefficient (Wildman–Crippen LogP) is 1.54. The van der Waals surface area contributed by atoms with E-state index in [4.69, 9.17) is 10.5 Å². The maximum atomic E-state index is 12.6. The van der Waals surface area contributed by atoms with Crippen LogP contribution in [-0.4, -0.2) is 38.0 Å². The van der Waals surface area contributed by atoms with Crippen LogP contribution in [0.5, 0.6) is 5.75 Å². The number of fused-ring (bicyclic) bond motifs is 1. The fourth-order valence-electron chi connectivity index (χ4n) is 2.82. The fraction of sp³-hybridized carbons (Fsp3) is 0.571. The highest BCUT2D eigenvalue weighted by Gasteiger charge is 2.30. The number of hydrogen-bond donors (Lipinski definition) is 1. The molecule has 2 N–H and O–H groups in total. The number of piperidine rings is 1. The van der Waals surface area contributed by atoms with Gasteiger partial charge in [-0.15, -0.1) is 12.4 Å². The van der Waals surface area contributed by atoms with Crippen molar-refractivity contribution in [2.24, 2.45) is 5.73 Å². The molecule has 2 aliphatic heterocycles. The van der Waals surface area contributed by atoms with Crippen LogP contribution < -0.4 is 10.5 Å². The molecule has 0 aromatic heterocycles. The molecule has 118 valence electrons. The second kappa shape index (κ2) is 6.12. The van der Waals surface area contributed by atoms with Crippen LogP contribution in [0.2, 0.25) is 0 Å². The molecule has 7 heteroatoms. The van der Waals surface area contributed by atoms with E-state index in [9.17, 15) is 8.42 Å². The monoisotopic (exact) mass is 332 g/mol. The number of ether oxygens (including phenoxy) is 1. The van der Waals surface area contributed by atoms with E-state index in [2.05, 4.69) is 0 Å². The Morgan fingerprint density at radius 1 is 1.29 bits per heavy atom. The van der Waals surface area contributed by atoms with Gasteiger partial charge in [0.1, 0.15) is 11.9 Å². The van der Waals surface area contributed by atoms with Crippen molar-refractivity contribution in [3.8, 4) is 5.75 Å². The minimum absolute atomic E-state index is 0. The van der Waals surface area contributed by atoms with Crippen LogP contribution in [0.1, 0.15) is 25.3 Å². The van der Waals surface area contributed by atoms with Crippen LogP contribution in [0.3, 0.4) is 0 Å². The Morgan fingerprint density at radius 3 is 2.62 bits per heavy atom. The first-order chi connectivity index (χ1) is 9.46. The lowest BCUT2D eigenvalue weighted by atomic mass is 10.1. The summed E-state index contributed by atoms with van der Waals surface area (Å²) in [6.07, 6.45) is 2.34. The summed E-state index contributed by atoms with van der Waals surface area (Å²) in [5, 5.41) is 0. The predicted molar refractivity (Wildman–Crippen MR) is 83.5 cm³/mol. The molecule has 1 saturated heterocycles. The van der Waals surface area contributed by atoms with Gasteiger partial charge in [0.15, 0.2) is 0 Å². The first-order valence-electron chi connectivity index (χ1n) is 7.02. The molecule has 21 heavy (non-hydrogen) atoms. The third kappa shape index (κ3) is 3.18. The highest BCUT2D eigenvalue weighted by atomic mass is 35.5. The number of halogens is 1. The van der Waals surface area contributed by atoms with Gasteiger partial charge in [0.25, 0.3) is 0 Å². The van der Waals surface area contributed by atoms with Crippen molar-refractivity contribution in [2.45, 2.75) is 43.2 Å². The van der Waals surface area contributed by atoms with E-state index in [-0.39, 0.29) is 24.6 Å². The van der Waals surface area contributed by atoms with E-state index in [1.165, 1.54) is 4.31 Å². The molecule has 1 atom stereocenters. The van der Waals surface area contributed by atoms with Gasteiger partial charge < -0.3 is 10.5 Å². The normalized spacial score (nSPS) is 23.2. The molecule has 1 aromatic rings. The third-order valence-corrected chi connectivity index (χ3v) is 5.90. The second-order valence-electron chi connectivity index (χ2n) is 5.64. The van der Waals surface area contributed by atoms with Gasteiger partial charge in [0.05, 0.1) is 4.90 Å². The van der Waals surface area contributed by atoms with Gasteiger partial charge in [-0.2, -0.15) is 4.31 Å². The van der Waals surface area contributed by atoms with E-state index in [0.29, 0.717) is 18.0 Å². The lowest BCUT2D eigenvalue weighted by Gasteiger charge is -2.29. The van der Waals surface area contributed by atoms with Crippen LogP contribution >= 0.6 is 12.4 Å². The molecule has 5 nitrogen and oxygen atoms in total. The van der Waals surface area contributed by atoms with Crippen molar-refractivity contribution in [3.05, 3.63) is 23.8 Å². The summed E-state index contributed by atoms with van der Waals surface area (Å²) in [4.78, 5) is 0.365. The van der Waals surface area contributed by atoms with Gasteiger partial charge in [0, 0.05) is 25.6 Å². The molecule has 0 aliphatic carbocycles. The highest BCUT2D eigenvalue weighted by molar-refractivity contribution is 7.89. The molecule has 1 fully saturated rings. The van der Waals surface area contributed by atoms with Crippen molar-refractivity contribution in [1.29, 1.82) is 0 Å². The Balaban J connectivity index is 0.00000161. The Morgan fingerprint density at radius 2 is 1.95 bits per heavy atom. The lowest BCUT2D eigenvalue weighted by molar-refractivity contribution is 0.254. The van der Waals surface area contributed by atoms with E-state index < -0.39 is 10.0 Å². The molecular weight excluding hydrogens is 312 g/mol. The van der Waals surface area contributed by atoms with Crippen molar-refractivity contribution in [2.75, 3.05) is 13.1 Å². The number of hydrogen-bond acceptors (Lipinski definition) is 4. The molecule has 0 amide bonds. The quantitative estimate of drug-likeness (QED) is 0.891. The van der Waals surface area contributed by atoms with E-state index >= 15 is 0 Å². The molecule has 0 bridgehead atoms. The zero-order chi connectivity index (χ0) is 14.3. The molecule has 1 unspecified atom stereocenters. The van der Waals surface area contributed by atoms with Gasteiger partial charge in [-0.3, -0.25) is 0 Å². The summed E-state index contributed by atoms with van der Waals surface area (Å²) in [6.45, 7) is 3.00. The zero-order valence-corrected chi connectivity index (χ0v) is 13.6. The lowest BCUT2D eigenvalue weighted by Crippen LogP contribution is -2.42. The zero-order valence-electron chi connectivity index (χ0n) is 12.0. The Hall–Kier alpha value is -0.820. The summed E-state index contributed by atoms with van der Waals surface area (Å²) < 4.78 is 32.4. The maximum Gasteiger partial charge on any atom is 0.243 e. The van der Waals surface area contributed by atoms with Crippen LogP contribution in [0.25, 0.3) is 0 Å². The van der Waals surface area contributed by atoms with Crippen LogP contribution in [-0.2, 0) is 16.4 Å². The summed E-state index contributed by atoms with van der Waals surface area (Å²) in [5.41, 5.74) is 6.81. The summed E-state index contributed by atoms with van der Waals surface area (Å²) in [7, 11) is -3.40. The van der Waals surface area contributed by atoms with Gasteiger partial charge in [-0.25, -0.2) is 8.42 Å². The number of sulfonamides is 1. The molecular formula is C14H21ClN2O3S. The van der Waals surface area contributed by atoms with Gasteiger partial charge in [0.2, 0.25) is 10.0 Å². The van der Waals surface area contributed by atoms with E-state index in [1.54, 1.807) is 18.2 Å². The summed E-state index contributed by atoms with van der Waals surface area (Å²) >= 11 is 0. The molecule has 0 radical (unpaired) electrons. The molecule has 0 saturated carbocycles. The standard InChI is InChI=1S/C14H20N2O3S.ClH/c1-10-8-11-9-13(2-3-14(11)19-10)20(17,18)16-6-4-12(15)5-7-16;/h2-3,9-10,12H,4-8,15H2,1H3;1H. The largest absolute Gasteiger partial charge is 0.490 e. The van der Waals surface area contributed by atoms with Crippen LogP contribution in [0, 0.1) is 0 Å². The van der Waals surface area contributed by atoms with E-state index in [0.717, 1.165) is 30.6 Å². The van der Waals surface area contributed by atoms with Gasteiger partial charge >= 0.3 is 0 Å². The van der Waals surface area contributed by atoms with Crippen LogP contribution in [0.15, 0.2) is 23.1 Å². The Kier molecular flexibility index (Phi) is 4.82. The fourth-order valence-corrected chi connectivity index (χ4v) is 4.34. The summed E-state index contributed by atoms with van der Waals surface area (Å²) in [6, 6.07) is 5.28. The Labute approximate surface area is 131 Å². The molecule has 0 spiro atoms. The van der Waals surface area contributed by atoms with Crippen LogP contribution in [0.4, 0.5) is 0 Å². The smallest absolute Gasteiger partial charge is 0.243 e. The SMILES string of the molecule is CC1Cc2cc(S(=O)(=O)N3CCC(N)CC3)ccc2O1.Cl. The molecule has 2 aliphatic rings. The minimum Gasteiger partial charge on any atom is -0.490 e. The van der Waals surface area contributed by atoms with Gasteiger partial charge in [-0.1, -0.05) is 0 Å². The van der Waals surface area contributed by atoms with Crippen molar-refractivity contribution in [3.63, 3.8) is 0 Å². The third-order valence-electron chi connectivity index (χ3n) is 4.00. The number of benzene rings is 1. The molecule has 1 aromatic carbocycles. The first-order valence-corrected chi connectivity index (χ1v) is 8.46. The first kappa shape index (κ1) is 16.5. The number of nitrogens with two attached hydrogens (primary N) is 1. The average Bonchev–Trinajstić information content (AvgIpc) is 2.78. The highest BCUT2D eigenvalue weighted by Crippen LogP contribution is 2.32. The summed E-state index contributed by atoms with van der Waals surface area (Å²) in [5.74, 6) is 0.803. The number of nitrogens with zero attached hydrogens (tertiary/aromatic N) is 1. The van der Waals surface area contributed by atoms with Crippen molar-refractivity contribution in [1.82, 2.24) is 4.31 Å². The van der Waals surface area contributed by atoms with Gasteiger partial charge in [-0.05, 0) is 43.5 Å².